The van der Waals surface area contributed by atoms with Crippen molar-refractivity contribution in [2.75, 3.05) is 0 Å². The molecule has 0 saturated carbocycles. The van der Waals surface area contributed by atoms with Crippen LogP contribution in [-0.2, 0) is 6.18 Å². The number of alkyl halides is 3. The predicted octanol–water partition coefficient (Wildman–Crippen LogP) is 3.94. The van der Waals surface area contributed by atoms with E-state index in [1.807, 2.05) is 6.07 Å². The topological polar surface area (TPSA) is 62.5 Å². The van der Waals surface area contributed by atoms with E-state index >= 15 is 0 Å². The summed E-state index contributed by atoms with van der Waals surface area (Å²) >= 11 is 7.21. The molecule has 0 N–H and O–H groups in total. The summed E-state index contributed by atoms with van der Waals surface area (Å²) in [4.78, 5) is 4.08. The molecule has 0 aliphatic carbocycles. The van der Waals surface area contributed by atoms with Gasteiger partial charge in [-0.25, -0.2) is 4.98 Å². The molecule has 0 saturated heterocycles. The highest BCUT2D eigenvalue weighted by molar-refractivity contribution is 8.01. The van der Waals surface area contributed by atoms with Crippen LogP contribution >= 0.6 is 34.7 Å². The number of rotatable bonds is 2. The van der Waals surface area contributed by atoms with Gasteiger partial charge in [0.1, 0.15) is 11.1 Å². The molecular weight excluding hydrogens is 333 g/mol. The molecule has 0 unspecified atom stereocenters. The molecule has 20 heavy (non-hydrogen) atoms. The lowest BCUT2D eigenvalue weighted by molar-refractivity contribution is -0.138. The van der Waals surface area contributed by atoms with E-state index in [4.69, 9.17) is 16.9 Å². The zero-order chi connectivity index (χ0) is 14.9. The van der Waals surface area contributed by atoms with E-state index in [0.717, 1.165) is 11.8 Å². The normalized spacial score (nSPS) is 11.4. The number of nitriles is 1. The van der Waals surface area contributed by atoms with E-state index in [9.17, 15) is 13.2 Å². The molecule has 0 spiro atoms. The zero-order valence-electron chi connectivity index (χ0n) is 9.69. The minimum Gasteiger partial charge on any atom is -0.243 e. The van der Waals surface area contributed by atoms with Crippen LogP contribution in [0.5, 0.6) is 0 Å². The highest BCUT2D eigenvalue weighted by Gasteiger charge is 2.35. The molecule has 0 aliphatic rings. The molecule has 0 aromatic carbocycles. The fourth-order valence-electron chi connectivity index (χ4n) is 1.19. The standard InChI is InChI=1S/C10H4ClF3N4S2/c1-4-5(3-15)2-6(11)7(16-4)19-9-18-17-8(20-9)10(12,13)14/h2H,1H3. The number of hydrogen-bond donors (Lipinski definition) is 0. The first-order valence-electron chi connectivity index (χ1n) is 4.97. The van der Waals surface area contributed by atoms with Gasteiger partial charge in [-0.2, -0.15) is 18.4 Å². The average molecular weight is 337 g/mol. The molecule has 0 fully saturated rings. The Labute approximate surface area is 124 Å². The SMILES string of the molecule is Cc1nc(Sc2nnc(C(F)(F)F)s2)c(Cl)cc1C#N. The van der Waals surface area contributed by atoms with E-state index in [2.05, 4.69) is 15.2 Å². The van der Waals surface area contributed by atoms with Crippen LogP contribution in [0.25, 0.3) is 0 Å². The minimum atomic E-state index is -4.52. The lowest BCUT2D eigenvalue weighted by Gasteiger charge is -2.03. The van der Waals surface area contributed by atoms with E-state index in [1.165, 1.54) is 6.07 Å². The molecule has 4 nitrogen and oxygen atoms in total. The molecule has 2 rings (SSSR count). The molecular formula is C10H4ClF3N4S2. The van der Waals surface area contributed by atoms with Crippen molar-refractivity contribution in [3.05, 3.63) is 27.4 Å². The minimum absolute atomic E-state index is 0.0795. The third kappa shape index (κ3) is 3.20. The van der Waals surface area contributed by atoms with Gasteiger partial charge in [0.2, 0.25) is 5.01 Å². The lowest BCUT2D eigenvalue weighted by Crippen LogP contribution is -2.03. The van der Waals surface area contributed by atoms with Gasteiger partial charge in [0.05, 0.1) is 16.3 Å². The summed E-state index contributed by atoms with van der Waals surface area (Å²) in [5.74, 6) is 0. The van der Waals surface area contributed by atoms with Gasteiger partial charge in [0.15, 0.2) is 4.34 Å². The van der Waals surface area contributed by atoms with Crippen LogP contribution in [0, 0.1) is 18.3 Å². The zero-order valence-corrected chi connectivity index (χ0v) is 12.1. The fraction of sp³-hybridized carbons (Fsp3) is 0.200. The molecule has 2 aromatic heterocycles. The smallest absolute Gasteiger partial charge is 0.243 e. The van der Waals surface area contributed by atoms with Gasteiger partial charge in [0.25, 0.3) is 0 Å². The molecule has 10 heteroatoms. The second-order valence-electron chi connectivity index (χ2n) is 3.49. The van der Waals surface area contributed by atoms with Crippen LogP contribution in [0.15, 0.2) is 15.4 Å². The van der Waals surface area contributed by atoms with E-state index in [-0.39, 0.29) is 14.4 Å². The summed E-state index contributed by atoms with van der Waals surface area (Å²) in [5.41, 5.74) is 0.757. The maximum atomic E-state index is 12.4. The van der Waals surface area contributed by atoms with Crippen LogP contribution < -0.4 is 0 Å². The number of aryl methyl sites for hydroxylation is 1. The molecule has 2 aromatic rings. The van der Waals surface area contributed by atoms with E-state index in [0.29, 0.717) is 22.6 Å². The second-order valence-corrected chi connectivity index (χ2v) is 6.11. The first-order chi connectivity index (χ1) is 9.31. The Hall–Kier alpha value is -1.37. The average Bonchev–Trinajstić information content (AvgIpc) is 2.81. The van der Waals surface area contributed by atoms with Crippen molar-refractivity contribution < 1.29 is 13.2 Å². The first kappa shape index (κ1) is 15.0. The highest BCUT2D eigenvalue weighted by atomic mass is 35.5. The van der Waals surface area contributed by atoms with Gasteiger partial charge < -0.3 is 0 Å². The van der Waals surface area contributed by atoms with Crippen LogP contribution in [0.2, 0.25) is 5.02 Å². The van der Waals surface area contributed by atoms with Crippen molar-refractivity contribution in [2.45, 2.75) is 22.5 Å². The summed E-state index contributed by atoms with van der Waals surface area (Å²) in [6.45, 7) is 1.61. The molecule has 0 bridgehead atoms. The van der Waals surface area contributed by atoms with Gasteiger partial charge in [-0.05, 0) is 24.8 Å². The Morgan fingerprint density at radius 2 is 2.10 bits per heavy atom. The summed E-state index contributed by atoms with van der Waals surface area (Å²) in [6.07, 6.45) is -4.52. The Morgan fingerprint density at radius 1 is 1.40 bits per heavy atom. The van der Waals surface area contributed by atoms with Gasteiger partial charge in [-0.1, -0.05) is 22.9 Å². The van der Waals surface area contributed by atoms with Crippen molar-refractivity contribution >= 4 is 34.7 Å². The molecule has 104 valence electrons. The molecule has 0 atom stereocenters. The molecule has 2 heterocycles. The molecule has 0 aliphatic heterocycles. The van der Waals surface area contributed by atoms with Crippen LogP contribution in [-0.4, -0.2) is 15.2 Å². The quantitative estimate of drug-likeness (QED) is 0.831. The largest absolute Gasteiger partial charge is 0.445 e. The summed E-state index contributed by atoms with van der Waals surface area (Å²) in [5, 5.41) is 14.8. The maximum absolute atomic E-state index is 12.4. The summed E-state index contributed by atoms with van der Waals surface area (Å²) in [7, 11) is 0. The maximum Gasteiger partial charge on any atom is 0.445 e. The van der Waals surface area contributed by atoms with Gasteiger partial charge in [-0.3, -0.25) is 0 Å². The van der Waals surface area contributed by atoms with Gasteiger partial charge >= 0.3 is 6.18 Å². The number of pyridine rings is 1. The van der Waals surface area contributed by atoms with Gasteiger partial charge in [0, 0.05) is 0 Å². The highest BCUT2D eigenvalue weighted by Crippen LogP contribution is 2.38. The monoisotopic (exact) mass is 336 g/mol. The van der Waals surface area contributed by atoms with E-state index in [1.54, 1.807) is 6.92 Å². The third-order valence-electron chi connectivity index (χ3n) is 2.09. The van der Waals surface area contributed by atoms with Crippen LogP contribution in [0.1, 0.15) is 16.3 Å². The van der Waals surface area contributed by atoms with Crippen molar-refractivity contribution in [1.82, 2.24) is 15.2 Å². The summed E-state index contributed by atoms with van der Waals surface area (Å²) in [6, 6.07) is 3.34. The van der Waals surface area contributed by atoms with E-state index < -0.39 is 11.2 Å². The van der Waals surface area contributed by atoms with Crippen molar-refractivity contribution in [3.8, 4) is 6.07 Å². The van der Waals surface area contributed by atoms with Gasteiger partial charge in [-0.15, -0.1) is 10.2 Å². The summed E-state index contributed by atoms with van der Waals surface area (Å²) < 4.78 is 37.3. The fourth-order valence-corrected chi connectivity index (χ4v) is 3.13. The Kier molecular flexibility index (Phi) is 4.17. The molecule has 0 amide bonds. The second kappa shape index (κ2) is 5.55. The first-order valence-corrected chi connectivity index (χ1v) is 6.98. The van der Waals surface area contributed by atoms with Crippen LogP contribution in [0.4, 0.5) is 13.2 Å². The number of hydrogen-bond acceptors (Lipinski definition) is 6. The molecule has 0 radical (unpaired) electrons. The van der Waals surface area contributed by atoms with Crippen LogP contribution in [0.3, 0.4) is 0 Å². The van der Waals surface area contributed by atoms with Crippen molar-refractivity contribution in [3.63, 3.8) is 0 Å². The Morgan fingerprint density at radius 3 is 2.65 bits per heavy atom. The lowest BCUT2D eigenvalue weighted by atomic mass is 10.2. The van der Waals surface area contributed by atoms with Crippen molar-refractivity contribution in [1.29, 1.82) is 5.26 Å². The number of halogens is 4. The Bertz CT molecular complexity index is 693. The predicted molar refractivity (Wildman–Crippen MR) is 67.7 cm³/mol. The number of aromatic nitrogens is 3. The third-order valence-corrected chi connectivity index (χ3v) is 4.51. The Balaban J connectivity index is 2.29. The number of nitrogens with zero attached hydrogens (tertiary/aromatic N) is 4. The van der Waals surface area contributed by atoms with Crippen molar-refractivity contribution in [2.24, 2.45) is 0 Å².